The minimum absolute atomic E-state index is 0.0915. The van der Waals surface area contributed by atoms with Gasteiger partial charge in [-0.2, -0.15) is 0 Å². The second kappa shape index (κ2) is 19.4. The van der Waals surface area contributed by atoms with Crippen molar-refractivity contribution in [3.05, 3.63) is 179 Å². The van der Waals surface area contributed by atoms with E-state index in [0.29, 0.717) is 18.8 Å². The fourth-order valence-corrected chi connectivity index (χ4v) is 4.64. The highest BCUT2D eigenvalue weighted by atomic mass is 16.6. The Morgan fingerprint density at radius 2 is 0.956 bits per heavy atom. The number of aryl methyl sites for hydroxylation is 2. The van der Waals surface area contributed by atoms with Gasteiger partial charge in [0.1, 0.15) is 12.4 Å². The first-order valence-corrected chi connectivity index (χ1v) is 15.3. The van der Waals surface area contributed by atoms with Gasteiger partial charge in [0.25, 0.3) is 0 Å². The van der Waals surface area contributed by atoms with Gasteiger partial charge in [0.15, 0.2) is 6.10 Å². The van der Waals surface area contributed by atoms with E-state index in [1.54, 1.807) is 24.3 Å². The van der Waals surface area contributed by atoms with Gasteiger partial charge in [0, 0.05) is 6.42 Å². The number of rotatable bonds is 15. The van der Waals surface area contributed by atoms with Crippen molar-refractivity contribution >= 4 is 12.3 Å². The quantitative estimate of drug-likeness (QED) is 0.0898. The van der Waals surface area contributed by atoms with Gasteiger partial charge in [0.05, 0.1) is 25.4 Å². The van der Waals surface area contributed by atoms with Crippen LogP contribution in [0.2, 0.25) is 0 Å². The maximum atomic E-state index is 12.6. The molecule has 0 aliphatic heterocycles. The molecule has 0 N–H and O–H groups in total. The van der Waals surface area contributed by atoms with Crippen molar-refractivity contribution in [1.29, 1.82) is 0 Å². The first-order chi connectivity index (χ1) is 22.2. The lowest BCUT2D eigenvalue weighted by atomic mass is 10.0. The van der Waals surface area contributed by atoms with Crippen molar-refractivity contribution in [2.24, 2.45) is 0 Å². The summed E-state index contributed by atoms with van der Waals surface area (Å²) in [6.07, 6.45) is 1.77. The number of hydrogen-bond acceptors (Lipinski definition) is 5. The summed E-state index contributed by atoms with van der Waals surface area (Å²) in [5.74, 6) is -0.479. The number of ether oxygens (including phenoxy) is 3. The lowest BCUT2D eigenvalue weighted by Gasteiger charge is -2.26. The highest BCUT2D eigenvalue weighted by Crippen LogP contribution is 2.16. The molecule has 5 rings (SSSR count). The highest BCUT2D eigenvalue weighted by Gasteiger charge is 2.27. The van der Waals surface area contributed by atoms with E-state index in [1.807, 2.05) is 66.7 Å². The molecule has 230 valence electrons. The molecular formula is C40H40O5. The largest absolute Gasteiger partial charge is 0.454 e. The van der Waals surface area contributed by atoms with E-state index in [4.69, 9.17) is 14.2 Å². The first kappa shape index (κ1) is 33.1. The smallest absolute Gasteiger partial charge is 0.338 e. The van der Waals surface area contributed by atoms with E-state index < -0.39 is 18.2 Å². The third kappa shape index (κ3) is 12.4. The Kier molecular flexibility index (Phi) is 14.3. The monoisotopic (exact) mass is 600 g/mol. The molecule has 0 aliphatic carbocycles. The van der Waals surface area contributed by atoms with Crippen LogP contribution in [0.1, 0.15) is 39.0 Å². The normalized spacial score (nSPS) is 11.8. The fraction of sp³-hybridized carbons (Fsp3) is 0.200. The molecule has 0 saturated carbocycles. The van der Waals surface area contributed by atoms with Crippen LogP contribution < -0.4 is 0 Å². The average Bonchev–Trinajstić information content (AvgIpc) is 3.11. The van der Waals surface area contributed by atoms with Crippen LogP contribution in [0.5, 0.6) is 0 Å². The fourth-order valence-electron chi connectivity index (χ4n) is 4.64. The summed E-state index contributed by atoms with van der Waals surface area (Å²) in [6.45, 7) is 0.783. The van der Waals surface area contributed by atoms with Crippen molar-refractivity contribution in [2.75, 3.05) is 6.61 Å². The molecule has 0 saturated heterocycles. The standard InChI is InChI=1S/C26H26O5.C14H14/c27-17-16-24(30-19-22-12-6-2-7-13-22)25(20-29-18-21-10-4-1-5-11-21)31-26(28)23-14-8-3-9-15-23;1-3-7-13(8-4-1)11-12-14-9-5-2-6-10-14/h1-15,17,24-25H,16,18-20H2;1-10H,11-12H2/t24-,25-;/m0./s1. The molecule has 0 fully saturated rings. The maximum Gasteiger partial charge on any atom is 0.338 e. The molecule has 0 radical (unpaired) electrons. The number of esters is 1. The number of benzene rings is 5. The van der Waals surface area contributed by atoms with Gasteiger partial charge in [-0.15, -0.1) is 0 Å². The zero-order valence-corrected chi connectivity index (χ0v) is 25.4. The van der Waals surface area contributed by atoms with Crippen LogP contribution in [-0.2, 0) is 45.1 Å². The summed E-state index contributed by atoms with van der Waals surface area (Å²) in [7, 11) is 0. The Hall–Kier alpha value is -4.84. The Labute approximate surface area is 266 Å². The van der Waals surface area contributed by atoms with Crippen molar-refractivity contribution in [3.63, 3.8) is 0 Å². The van der Waals surface area contributed by atoms with Gasteiger partial charge < -0.3 is 19.0 Å². The molecule has 5 nitrogen and oxygen atoms in total. The number of carbonyl (C=O) groups excluding carboxylic acids is 2. The van der Waals surface area contributed by atoms with E-state index >= 15 is 0 Å². The SMILES string of the molecule is O=CC[C@H](OCc1ccccc1)[C@H](COCc1ccccc1)OC(=O)c1ccccc1.c1ccc(CCc2ccccc2)cc1. The predicted octanol–water partition coefficient (Wildman–Crippen LogP) is 8.08. The van der Waals surface area contributed by atoms with Crippen LogP contribution in [-0.4, -0.2) is 31.1 Å². The second-order valence-electron chi connectivity index (χ2n) is 10.5. The summed E-state index contributed by atoms with van der Waals surface area (Å²) < 4.78 is 17.5. The average molecular weight is 601 g/mol. The van der Waals surface area contributed by atoms with Crippen LogP contribution in [0.15, 0.2) is 152 Å². The first-order valence-electron chi connectivity index (χ1n) is 15.3. The molecule has 5 heteroatoms. The molecule has 5 aromatic carbocycles. The molecule has 5 aromatic rings. The zero-order chi connectivity index (χ0) is 31.4. The van der Waals surface area contributed by atoms with Gasteiger partial charge in [-0.05, 0) is 47.2 Å². The molecule has 2 atom stereocenters. The summed E-state index contributed by atoms with van der Waals surface area (Å²) in [6, 6.07) is 49.3. The molecule has 0 amide bonds. The van der Waals surface area contributed by atoms with Gasteiger partial charge in [-0.3, -0.25) is 0 Å². The van der Waals surface area contributed by atoms with Gasteiger partial charge >= 0.3 is 5.97 Å². The summed E-state index contributed by atoms with van der Waals surface area (Å²) in [4.78, 5) is 24.0. The Morgan fingerprint density at radius 3 is 1.42 bits per heavy atom. The second-order valence-corrected chi connectivity index (χ2v) is 10.5. The molecule has 0 spiro atoms. The van der Waals surface area contributed by atoms with E-state index in [1.165, 1.54) is 11.1 Å². The molecular weight excluding hydrogens is 560 g/mol. The topological polar surface area (TPSA) is 61.8 Å². The van der Waals surface area contributed by atoms with Crippen molar-refractivity contribution in [2.45, 2.75) is 44.7 Å². The van der Waals surface area contributed by atoms with Gasteiger partial charge in [0.2, 0.25) is 0 Å². The number of aldehydes is 1. The van der Waals surface area contributed by atoms with Gasteiger partial charge in [-0.25, -0.2) is 4.79 Å². The molecule has 0 aromatic heterocycles. The maximum absolute atomic E-state index is 12.6. The lowest BCUT2D eigenvalue weighted by Crippen LogP contribution is -2.37. The zero-order valence-electron chi connectivity index (χ0n) is 25.4. The third-order valence-corrected chi connectivity index (χ3v) is 7.10. The Morgan fingerprint density at radius 1 is 0.533 bits per heavy atom. The third-order valence-electron chi connectivity index (χ3n) is 7.10. The summed E-state index contributed by atoms with van der Waals surface area (Å²) in [5, 5.41) is 0. The minimum atomic E-state index is -0.731. The predicted molar refractivity (Wildman–Crippen MR) is 178 cm³/mol. The summed E-state index contributed by atoms with van der Waals surface area (Å²) >= 11 is 0. The van der Waals surface area contributed by atoms with Gasteiger partial charge in [-0.1, -0.05) is 140 Å². The molecule has 45 heavy (non-hydrogen) atoms. The van der Waals surface area contributed by atoms with Crippen molar-refractivity contribution in [1.82, 2.24) is 0 Å². The van der Waals surface area contributed by atoms with Crippen LogP contribution >= 0.6 is 0 Å². The van der Waals surface area contributed by atoms with Crippen molar-refractivity contribution < 1.29 is 23.8 Å². The highest BCUT2D eigenvalue weighted by molar-refractivity contribution is 5.89. The van der Waals surface area contributed by atoms with Crippen molar-refractivity contribution in [3.8, 4) is 0 Å². The lowest BCUT2D eigenvalue weighted by molar-refractivity contribution is -0.119. The minimum Gasteiger partial charge on any atom is -0.454 e. The number of hydrogen-bond donors (Lipinski definition) is 0. The number of carbonyl (C=O) groups is 2. The van der Waals surface area contributed by atoms with E-state index in [-0.39, 0.29) is 13.0 Å². The van der Waals surface area contributed by atoms with Crippen LogP contribution in [0, 0.1) is 0 Å². The Balaban J connectivity index is 0.000000273. The van der Waals surface area contributed by atoms with E-state index in [2.05, 4.69) is 60.7 Å². The molecule has 0 heterocycles. The summed E-state index contributed by atoms with van der Waals surface area (Å²) in [5.41, 5.74) is 5.24. The van der Waals surface area contributed by atoms with Crippen LogP contribution in [0.4, 0.5) is 0 Å². The molecule has 0 unspecified atom stereocenters. The van der Waals surface area contributed by atoms with E-state index in [0.717, 1.165) is 30.3 Å². The van der Waals surface area contributed by atoms with Crippen LogP contribution in [0.25, 0.3) is 0 Å². The molecule has 0 bridgehead atoms. The van der Waals surface area contributed by atoms with Crippen LogP contribution in [0.3, 0.4) is 0 Å². The van der Waals surface area contributed by atoms with E-state index in [9.17, 15) is 9.59 Å². The Bertz CT molecular complexity index is 1450. The molecule has 0 aliphatic rings.